The van der Waals surface area contributed by atoms with Gasteiger partial charge in [0.05, 0.1) is 24.0 Å². The number of aldehydes is 3. The number of nitrogens with zero attached hydrogens (tertiary/aromatic N) is 2. The lowest BCUT2D eigenvalue weighted by molar-refractivity contribution is -0.110. The van der Waals surface area contributed by atoms with Crippen molar-refractivity contribution in [1.82, 2.24) is 0 Å². The average molecular weight is 811 g/mol. The number of rotatable bonds is 18. The van der Waals surface area contributed by atoms with Crippen LogP contribution in [0.5, 0.6) is 0 Å². The first-order chi connectivity index (χ1) is 27.5. The van der Waals surface area contributed by atoms with Gasteiger partial charge < -0.3 is 9.59 Å². The Kier molecular flexibility index (Phi) is 25.7. The zero-order valence-electron chi connectivity index (χ0n) is 40.5. The molecule has 4 aliphatic rings. The zero-order valence-corrected chi connectivity index (χ0v) is 40.5. The average Bonchev–Trinajstić information content (AvgIpc) is 4.08. The second-order valence-corrected chi connectivity index (χ2v) is 20.5. The molecule has 4 fully saturated rings. The molecule has 5 nitrogen and oxygen atoms in total. The second kappa shape index (κ2) is 27.3. The molecule has 0 radical (unpaired) electrons. The summed E-state index contributed by atoms with van der Waals surface area (Å²) < 4.78 is 0. The summed E-state index contributed by atoms with van der Waals surface area (Å²) in [5.74, 6) is 1.37. The number of nitriles is 2. The number of carbonyl (C=O) groups excluding carboxylic acids is 3. The minimum Gasteiger partial charge on any atom is -0.303 e. The lowest BCUT2D eigenvalue weighted by Crippen LogP contribution is -1.97. The zero-order chi connectivity index (χ0) is 45.5. The lowest BCUT2D eigenvalue weighted by atomic mass is 9.99. The summed E-state index contributed by atoms with van der Waals surface area (Å²) in [6.07, 6.45) is 31.6. The van der Waals surface area contributed by atoms with Crippen LogP contribution in [0.3, 0.4) is 0 Å². The molecule has 0 amide bonds. The molecule has 0 aromatic heterocycles. The van der Waals surface area contributed by atoms with Crippen molar-refractivity contribution in [3.05, 3.63) is 69.9 Å². The van der Waals surface area contributed by atoms with Crippen LogP contribution in [-0.4, -0.2) is 18.9 Å². The number of hydrogen-bond donors (Lipinski definition) is 0. The first kappa shape index (κ1) is 55.4. The fraction of sp³-hybridized carbons (Fsp3) is 0.685. The quantitative estimate of drug-likeness (QED) is 0.0780. The summed E-state index contributed by atoms with van der Waals surface area (Å²) in [4.78, 5) is 30.9. The van der Waals surface area contributed by atoms with Crippen molar-refractivity contribution >= 4 is 18.9 Å². The van der Waals surface area contributed by atoms with Gasteiger partial charge in [0.15, 0.2) is 0 Å². The summed E-state index contributed by atoms with van der Waals surface area (Å²) in [7, 11) is 0. The summed E-state index contributed by atoms with van der Waals surface area (Å²) in [6.45, 7) is 32.0. The van der Waals surface area contributed by atoms with Crippen molar-refractivity contribution < 1.29 is 14.4 Å². The summed E-state index contributed by atoms with van der Waals surface area (Å²) in [5, 5.41) is 17.4. The first-order valence-electron chi connectivity index (χ1n) is 22.5. The van der Waals surface area contributed by atoms with E-state index in [1.807, 2.05) is 6.92 Å². The van der Waals surface area contributed by atoms with Gasteiger partial charge in [0.25, 0.3) is 0 Å². The van der Waals surface area contributed by atoms with E-state index < -0.39 is 0 Å². The molecule has 0 bridgehead atoms. The Labute approximate surface area is 363 Å². The van der Waals surface area contributed by atoms with E-state index in [9.17, 15) is 14.4 Å². The molecule has 4 rings (SSSR count). The Balaban J connectivity index is 0.000000713. The molecule has 0 aromatic carbocycles. The molecule has 4 aliphatic carbocycles. The fourth-order valence-electron chi connectivity index (χ4n) is 7.21. The number of carbonyl (C=O) groups is 3. The molecule has 4 saturated carbocycles. The molecule has 0 heterocycles. The molecule has 330 valence electrons. The molecule has 0 aromatic rings. The van der Waals surface area contributed by atoms with Gasteiger partial charge >= 0.3 is 0 Å². The van der Waals surface area contributed by atoms with E-state index in [1.165, 1.54) is 53.5 Å². The first-order valence-corrected chi connectivity index (χ1v) is 22.5. The van der Waals surface area contributed by atoms with Crippen molar-refractivity contribution in [1.29, 1.82) is 10.5 Å². The van der Waals surface area contributed by atoms with Crippen molar-refractivity contribution in [2.24, 2.45) is 45.3 Å². The van der Waals surface area contributed by atoms with E-state index in [0.717, 1.165) is 88.6 Å². The third-order valence-electron chi connectivity index (χ3n) is 12.7. The standard InChI is InChI=1S/2C11H17N.2C11H18O.C10H16O/c4*1-9(2)5-4-6-11(3)7-10(11)8-12;1-9(2)5-4-6-10(3)7-8-11/h2*5,10H,4,6-7H2,1-3H3;2*5,8,10H,4,6-7H2,1-3H3;5,7-8H,4,6H2,1-3H3/b;;;;10-7+/t4*10-,11+;/m1010./s1. The number of allylic oxidation sites excluding steroid dienone is 12. The Morgan fingerprint density at radius 1 is 0.475 bits per heavy atom. The van der Waals surface area contributed by atoms with Gasteiger partial charge in [-0.1, -0.05) is 91.5 Å². The van der Waals surface area contributed by atoms with Crippen LogP contribution in [-0.2, 0) is 14.4 Å². The molecule has 0 saturated heterocycles. The van der Waals surface area contributed by atoms with Crippen molar-refractivity contribution in [2.45, 2.75) is 194 Å². The topological polar surface area (TPSA) is 98.8 Å². The summed E-state index contributed by atoms with van der Waals surface area (Å²) >= 11 is 0. The van der Waals surface area contributed by atoms with Crippen molar-refractivity contribution in [3.63, 3.8) is 0 Å². The Morgan fingerprint density at radius 2 is 0.763 bits per heavy atom. The molecule has 0 N–H and O–H groups in total. The molecule has 59 heavy (non-hydrogen) atoms. The van der Waals surface area contributed by atoms with Crippen LogP contribution in [0.4, 0.5) is 0 Å². The molecule has 5 heteroatoms. The highest BCUT2D eigenvalue weighted by molar-refractivity contribution is 5.65. The highest BCUT2D eigenvalue weighted by Crippen LogP contribution is 2.56. The molecular weight excluding hydrogens is 725 g/mol. The van der Waals surface area contributed by atoms with Crippen LogP contribution in [0, 0.1) is 68.0 Å². The van der Waals surface area contributed by atoms with Gasteiger partial charge in [-0.3, -0.25) is 4.79 Å². The maximum atomic E-state index is 10.5. The Hall–Kier alpha value is -3.57. The Morgan fingerprint density at radius 3 is 0.983 bits per heavy atom. The molecule has 0 unspecified atom stereocenters. The van der Waals surface area contributed by atoms with Crippen molar-refractivity contribution in [2.75, 3.05) is 0 Å². The van der Waals surface area contributed by atoms with Gasteiger partial charge in [-0.25, -0.2) is 0 Å². The van der Waals surface area contributed by atoms with E-state index in [1.54, 1.807) is 6.08 Å². The minimum absolute atomic E-state index is 0.336. The third kappa shape index (κ3) is 25.0. The van der Waals surface area contributed by atoms with Gasteiger partial charge in [0.1, 0.15) is 18.9 Å². The predicted octanol–water partition coefficient (Wildman–Crippen LogP) is 15.4. The van der Waals surface area contributed by atoms with Crippen LogP contribution in [0.1, 0.15) is 194 Å². The molecule has 0 spiro atoms. The van der Waals surface area contributed by atoms with Gasteiger partial charge in [-0.05, 0) is 194 Å². The molecule has 8 atom stereocenters. The SMILES string of the molecule is CC(C)=CCC/C(C)=C/C=O.CC(C)=CCC[C@@]1(C)C[C@@H]1C#N.CC(C)=CCC[C@@]1(C)C[C@@H]1C=O.CC(C)=CCC[C@]1(C)C[C@H]1C#N.CC(C)=CCC[C@]1(C)C[C@H]1C=O. The Bertz CT molecular complexity index is 1490. The molecular formula is C54H86N2O3. The van der Waals surface area contributed by atoms with E-state index in [0.29, 0.717) is 45.3 Å². The van der Waals surface area contributed by atoms with Gasteiger partial charge in [0.2, 0.25) is 0 Å². The van der Waals surface area contributed by atoms with E-state index in [4.69, 9.17) is 10.5 Å². The second-order valence-electron chi connectivity index (χ2n) is 20.5. The van der Waals surface area contributed by atoms with Crippen LogP contribution >= 0.6 is 0 Å². The third-order valence-corrected chi connectivity index (χ3v) is 12.7. The monoisotopic (exact) mass is 811 g/mol. The smallest absolute Gasteiger partial charge is 0.142 e. The van der Waals surface area contributed by atoms with Gasteiger partial charge in [0, 0.05) is 11.8 Å². The van der Waals surface area contributed by atoms with Crippen molar-refractivity contribution in [3.8, 4) is 12.1 Å². The van der Waals surface area contributed by atoms with Crippen LogP contribution in [0.25, 0.3) is 0 Å². The lowest BCUT2D eigenvalue weighted by Gasteiger charge is -2.05. The highest BCUT2D eigenvalue weighted by Gasteiger charge is 2.51. The normalized spacial score (nSPS) is 28.5. The fourth-order valence-corrected chi connectivity index (χ4v) is 7.21. The van der Waals surface area contributed by atoms with E-state index in [-0.39, 0.29) is 0 Å². The summed E-state index contributed by atoms with van der Waals surface area (Å²) in [5.41, 5.74) is 9.38. The highest BCUT2D eigenvalue weighted by atomic mass is 16.1. The predicted molar refractivity (Wildman–Crippen MR) is 251 cm³/mol. The van der Waals surface area contributed by atoms with E-state index in [2.05, 4.69) is 139 Å². The van der Waals surface area contributed by atoms with Crippen LogP contribution in [0.15, 0.2) is 69.9 Å². The van der Waals surface area contributed by atoms with Gasteiger partial charge in [-0.15, -0.1) is 0 Å². The number of hydrogen-bond acceptors (Lipinski definition) is 5. The summed E-state index contributed by atoms with van der Waals surface area (Å²) in [6, 6.07) is 4.69. The van der Waals surface area contributed by atoms with Gasteiger partial charge in [-0.2, -0.15) is 10.5 Å². The van der Waals surface area contributed by atoms with Crippen LogP contribution in [0.2, 0.25) is 0 Å². The minimum atomic E-state index is 0.336. The van der Waals surface area contributed by atoms with E-state index >= 15 is 0 Å². The molecule has 0 aliphatic heterocycles. The largest absolute Gasteiger partial charge is 0.303 e. The van der Waals surface area contributed by atoms with Crippen LogP contribution < -0.4 is 0 Å². The maximum Gasteiger partial charge on any atom is 0.142 e. The maximum absolute atomic E-state index is 10.5.